The zero-order valence-corrected chi connectivity index (χ0v) is 10.2. The highest BCUT2D eigenvalue weighted by Crippen LogP contribution is 2.23. The molecule has 0 spiro atoms. The summed E-state index contributed by atoms with van der Waals surface area (Å²) in [5, 5.41) is 18.9. The van der Waals surface area contributed by atoms with Crippen molar-refractivity contribution in [1.82, 2.24) is 0 Å². The minimum Gasteiger partial charge on any atom is -0.505 e. The highest BCUT2D eigenvalue weighted by atomic mass is 19.1. The number of rotatable bonds is 5. The Morgan fingerprint density at radius 2 is 1.94 bits per heavy atom. The summed E-state index contributed by atoms with van der Waals surface area (Å²) in [5.74, 6) is -0.625. The molecule has 0 bridgehead atoms. The predicted octanol–water partition coefficient (Wildman–Crippen LogP) is 2.33. The van der Waals surface area contributed by atoms with Gasteiger partial charge in [0.25, 0.3) is 0 Å². The zero-order valence-electron chi connectivity index (χ0n) is 10.2. The van der Waals surface area contributed by atoms with Gasteiger partial charge in [-0.2, -0.15) is 0 Å². The number of benzene rings is 1. The van der Waals surface area contributed by atoms with Crippen LogP contribution in [0.2, 0.25) is 0 Å². The van der Waals surface area contributed by atoms with Gasteiger partial charge >= 0.3 is 0 Å². The number of phenols is 1. The molecule has 4 heteroatoms. The zero-order chi connectivity index (χ0) is 13.0. The third kappa shape index (κ3) is 3.98. The molecule has 96 valence electrons. The molecule has 0 amide bonds. The maximum absolute atomic E-state index is 13.1. The molecule has 0 aliphatic carbocycles. The van der Waals surface area contributed by atoms with Gasteiger partial charge in [0.15, 0.2) is 11.6 Å². The number of hydrogen-bond acceptors (Lipinski definition) is 3. The van der Waals surface area contributed by atoms with Crippen molar-refractivity contribution in [2.45, 2.75) is 38.8 Å². The molecule has 0 aromatic heterocycles. The van der Waals surface area contributed by atoms with Crippen LogP contribution in [0.3, 0.4) is 0 Å². The van der Waals surface area contributed by atoms with E-state index in [0.717, 1.165) is 6.42 Å². The largest absolute Gasteiger partial charge is 0.505 e. The number of aromatic hydroxyl groups is 1. The van der Waals surface area contributed by atoms with Crippen molar-refractivity contribution < 1.29 is 14.6 Å². The first-order chi connectivity index (χ1) is 7.91. The first-order valence-corrected chi connectivity index (χ1v) is 5.84. The summed E-state index contributed by atoms with van der Waals surface area (Å²) in [5.41, 5.74) is 6.34. The van der Waals surface area contributed by atoms with Crippen molar-refractivity contribution in [3.63, 3.8) is 0 Å². The fourth-order valence-electron chi connectivity index (χ4n) is 1.64. The smallest absolute Gasteiger partial charge is 0.165 e. The van der Waals surface area contributed by atoms with Gasteiger partial charge in [-0.3, -0.25) is 0 Å². The minimum atomic E-state index is -0.714. The summed E-state index contributed by atoms with van der Waals surface area (Å²) in [6.07, 6.45) is 0.762. The maximum Gasteiger partial charge on any atom is 0.165 e. The van der Waals surface area contributed by atoms with Crippen molar-refractivity contribution in [2.75, 3.05) is 0 Å². The van der Waals surface area contributed by atoms with Gasteiger partial charge in [0, 0.05) is 0 Å². The number of nitrogens with two attached hydrogens (primary N) is 1. The summed E-state index contributed by atoms with van der Waals surface area (Å²) in [7, 11) is 0. The number of aliphatic hydroxyl groups is 1. The van der Waals surface area contributed by atoms with Gasteiger partial charge in [0.05, 0.1) is 12.1 Å². The Hall–Kier alpha value is -1.13. The second-order valence-electron chi connectivity index (χ2n) is 4.78. The molecule has 0 heterocycles. The molecule has 1 aromatic rings. The molecule has 0 saturated heterocycles. The van der Waals surface area contributed by atoms with Crippen molar-refractivity contribution in [1.29, 1.82) is 0 Å². The van der Waals surface area contributed by atoms with Crippen molar-refractivity contribution in [2.24, 2.45) is 11.7 Å². The number of hydrogen-bond donors (Lipinski definition) is 3. The van der Waals surface area contributed by atoms with E-state index in [1.54, 1.807) is 0 Å². The fraction of sp³-hybridized carbons (Fsp3) is 0.538. The van der Waals surface area contributed by atoms with Crippen LogP contribution in [0.4, 0.5) is 4.39 Å². The average Bonchev–Trinajstić information content (AvgIpc) is 2.28. The molecular weight excluding hydrogens is 221 g/mol. The van der Waals surface area contributed by atoms with Crippen LogP contribution in [-0.2, 0) is 0 Å². The number of phenolic OH excluding ortho intramolecular Hbond substituents is 1. The molecule has 2 atom stereocenters. The van der Waals surface area contributed by atoms with E-state index in [0.29, 0.717) is 17.9 Å². The Balaban J connectivity index is 2.67. The summed E-state index contributed by atoms with van der Waals surface area (Å²) in [4.78, 5) is 0. The minimum absolute atomic E-state index is 0.405. The summed E-state index contributed by atoms with van der Waals surface area (Å²) in [6, 6.07) is 3.32. The van der Waals surface area contributed by atoms with Gasteiger partial charge in [0.2, 0.25) is 0 Å². The highest BCUT2D eigenvalue weighted by molar-refractivity contribution is 5.30. The standard InChI is InChI=1S/C13H20FNO2/c1-8(2)3-5-12(17)13(15)9-4-6-11(16)10(14)7-9/h4,6-8,12-13,16-17H,3,5,15H2,1-2H3/t12-,13+/m1/s1. The molecule has 17 heavy (non-hydrogen) atoms. The number of aliphatic hydroxyl groups excluding tert-OH is 1. The molecule has 0 aliphatic heterocycles. The fourth-order valence-corrected chi connectivity index (χ4v) is 1.64. The van der Waals surface area contributed by atoms with E-state index >= 15 is 0 Å². The van der Waals surface area contributed by atoms with Crippen LogP contribution in [0.5, 0.6) is 5.75 Å². The monoisotopic (exact) mass is 241 g/mol. The van der Waals surface area contributed by atoms with Gasteiger partial charge in [-0.15, -0.1) is 0 Å². The Labute approximate surface area is 101 Å². The second-order valence-corrected chi connectivity index (χ2v) is 4.78. The second kappa shape index (κ2) is 5.98. The van der Waals surface area contributed by atoms with E-state index in [9.17, 15) is 9.50 Å². The topological polar surface area (TPSA) is 66.5 Å². The van der Waals surface area contributed by atoms with E-state index in [-0.39, 0.29) is 0 Å². The van der Waals surface area contributed by atoms with Gasteiger partial charge in [-0.1, -0.05) is 19.9 Å². The van der Waals surface area contributed by atoms with Crippen molar-refractivity contribution >= 4 is 0 Å². The van der Waals surface area contributed by atoms with Crippen molar-refractivity contribution in [3.8, 4) is 5.75 Å². The normalized spacial score (nSPS) is 14.9. The molecule has 3 nitrogen and oxygen atoms in total. The van der Waals surface area contributed by atoms with Gasteiger partial charge < -0.3 is 15.9 Å². The molecule has 0 saturated carbocycles. The van der Waals surface area contributed by atoms with E-state index in [1.165, 1.54) is 18.2 Å². The average molecular weight is 241 g/mol. The first-order valence-electron chi connectivity index (χ1n) is 5.84. The lowest BCUT2D eigenvalue weighted by Crippen LogP contribution is -2.26. The van der Waals surface area contributed by atoms with E-state index in [4.69, 9.17) is 10.8 Å². The molecule has 0 aliphatic rings. The lowest BCUT2D eigenvalue weighted by Gasteiger charge is -2.20. The van der Waals surface area contributed by atoms with Crippen molar-refractivity contribution in [3.05, 3.63) is 29.6 Å². The Morgan fingerprint density at radius 1 is 1.29 bits per heavy atom. The summed E-state index contributed by atoms with van der Waals surface area (Å²) >= 11 is 0. The third-order valence-corrected chi connectivity index (χ3v) is 2.81. The van der Waals surface area contributed by atoms with Crippen LogP contribution in [0.15, 0.2) is 18.2 Å². The molecule has 0 unspecified atom stereocenters. The van der Waals surface area contributed by atoms with Gasteiger partial charge in [-0.05, 0) is 36.5 Å². The number of halogens is 1. The highest BCUT2D eigenvalue weighted by Gasteiger charge is 2.18. The van der Waals surface area contributed by atoms with E-state index in [1.807, 2.05) is 0 Å². The predicted molar refractivity (Wildman–Crippen MR) is 65.1 cm³/mol. The lowest BCUT2D eigenvalue weighted by atomic mass is 9.96. The van der Waals surface area contributed by atoms with Crippen LogP contribution < -0.4 is 5.73 Å². The lowest BCUT2D eigenvalue weighted by molar-refractivity contribution is 0.128. The van der Waals surface area contributed by atoms with Crippen LogP contribution in [-0.4, -0.2) is 16.3 Å². The maximum atomic E-state index is 13.1. The van der Waals surface area contributed by atoms with E-state index in [2.05, 4.69) is 13.8 Å². The summed E-state index contributed by atoms with van der Waals surface area (Å²) < 4.78 is 13.1. The van der Waals surface area contributed by atoms with Crippen LogP contribution in [0, 0.1) is 11.7 Å². The van der Waals surface area contributed by atoms with Crippen LogP contribution in [0.25, 0.3) is 0 Å². The van der Waals surface area contributed by atoms with Gasteiger partial charge in [0.1, 0.15) is 0 Å². The quantitative estimate of drug-likeness (QED) is 0.741. The van der Waals surface area contributed by atoms with Gasteiger partial charge in [-0.25, -0.2) is 4.39 Å². The first kappa shape index (κ1) is 13.9. The molecule has 0 fully saturated rings. The molecule has 1 aromatic carbocycles. The summed E-state index contributed by atoms with van der Waals surface area (Å²) in [6.45, 7) is 4.14. The third-order valence-electron chi connectivity index (χ3n) is 2.81. The molecule has 1 rings (SSSR count). The van der Waals surface area contributed by atoms with Crippen LogP contribution in [0.1, 0.15) is 38.3 Å². The molecule has 4 N–H and O–H groups in total. The molecular formula is C13H20FNO2. The SMILES string of the molecule is CC(C)CC[C@@H](O)[C@@H](N)c1ccc(O)c(F)c1. The Kier molecular flexibility index (Phi) is 4.90. The Morgan fingerprint density at radius 3 is 2.47 bits per heavy atom. The van der Waals surface area contributed by atoms with Crippen LogP contribution >= 0.6 is 0 Å². The Bertz CT molecular complexity index is 368. The van der Waals surface area contributed by atoms with E-state index < -0.39 is 23.7 Å². The molecule has 0 radical (unpaired) electrons.